The molecule has 0 saturated heterocycles. The van der Waals surface area contributed by atoms with Gasteiger partial charge in [-0.2, -0.15) is 0 Å². The molecule has 0 bridgehead atoms. The Labute approximate surface area is 284 Å². The summed E-state index contributed by atoms with van der Waals surface area (Å²) < 4.78 is 2.73. The number of hydrogen-bond acceptors (Lipinski definition) is 1. The quantitative estimate of drug-likeness (QED) is 0.171. The summed E-state index contributed by atoms with van der Waals surface area (Å²) >= 11 is 1.90. The second-order valence-electron chi connectivity index (χ2n) is 13.7. The molecule has 0 nitrogen and oxygen atoms in total. The zero-order valence-electron chi connectivity index (χ0n) is 26.9. The lowest BCUT2D eigenvalue weighted by molar-refractivity contribution is 0.661. The smallest absolute Gasteiger partial charge is 0.0361 e. The summed E-state index contributed by atoms with van der Waals surface area (Å²) in [5, 5.41) is 7.87. The van der Waals surface area contributed by atoms with E-state index in [9.17, 15) is 0 Å². The molecular formula is C47H32S. The monoisotopic (exact) mass is 628 g/mol. The Morgan fingerprint density at radius 1 is 0.354 bits per heavy atom. The molecule has 1 aromatic heterocycles. The van der Waals surface area contributed by atoms with Crippen LogP contribution in [0.1, 0.15) is 25.0 Å². The van der Waals surface area contributed by atoms with Crippen LogP contribution in [-0.2, 0) is 5.41 Å². The van der Waals surface area contributed by atoms with Crippen molar-refractivity contribution in [3.05, 3.63) is 169 Å². The van der Waals surface area contributed by atoms with Crippen molar-refractivity contribution >= 4 is 53.1 Å². The third-order valence-electron chi connectivity index (χ3n) is 10.7. The molecule has 0 N–H and O–H groups in total. The molecule has 1 heterocycles. The van der Waals surface area contributed by atoms with Gasteiger partial charge in [0, 0.05) is 25.6 Å². The van der Waals surface area contributed by atoms with E-state index in [2.05, 4.69) is 172 Å². The molecule has 9 aromatic rings. The first-order chi connectivity index (χ1) is 23.6. The maximum atomic E-state index is 2.47. The fourth-order valence-corrected chi connectivity index (χ4v) is 9.47. The van der Waals surface area contributed by atoms with Crippen molar-refractivity contribution in [1.82, 2.24) is 0 Å². The Hall–Kier alpha value is -5.50. The van der Waals surface area contributed by atoms with E-state index in [0.717, 1.165) is 0 Å². The van der Waals surface area contributed by atoms with Crippen LogP contribution in [-0.4, -0.2) is 0 Å². The number of fused-ring (bicyclic) bond motifs is 8. The molecule has 0 radical (unpaired) electrons. The molecule has 0 unspecified atom stereocenters. The fraction of sp³-hybridized carbons (Fsp3) is 0.0638. The van der Waals surface area contributed by atoms with Gasteiger partial charge in [-0.15, -0.1) is 11.3 Å². The zero-order chi connectivity index (χ0) is 32.0. The average molecular weight is 629 g/mol. The molecule has 0 amide bonds. The molecule has 1 aliphatic carbocycles. The highest BCUT2D eigenvalue weighted by molar-refractivity contribution is 7.25. The Kier molecular flexibility index (Phi) is 5.89. The number of rotatable bonds is 3. The predicted molar refractivity (Wildman–Crippen MR) is 208 cm³/mol. The summed E-state index contributed by atoms with van der Waals surface area (Å²) in [6.07, 6.45) is 0. The van der Waals surface area contributed by atoms with Crippen LogP contribution < -0.4 is 0 Å². The second-order valence-corrected chi connectivity index (χ2v) is 14.7. The normalized spacial score (nSPS) is 13.4. The molecule has 0 spiro atoms. The van der Waals surface area contributed by atoms with Crippen LogP contribution >= 0.6 is 11.3 Å². The molecule has 48 heavy (non-hydrogen) atoms. The van der Waals surface area contributed by atoms with Gasteiger partial charge in [-0.3, -0.25) is 0 Å². The minimum Gasteiger partial charge on any atom is -0.135 e. The molecule has 8 aromatic carbocycles. The molecule has 0 aliphatic heterocycles. The van der Waals surface area contributed by atoms with Gasteiger partial charge in [0.05, 0.1) is 0 Å². The summed E-state index contributed by atoms with van der Waals surface area (Å²) in [6.45, 7) is 4.79. The van der Waals surface area contributed by atoms with E-state index in [1.165, 1.54) is 97.4 Å². The summed E-state index contributed by atoms with van der Waals surface area (Å²) in [4.78, 5) is 0. The van der Waals surface area contributed by atoms with E-state index in [0.29, 0.717) is 0 Å². The Morgan fingerprint density at radius 3 is 1.60 bits per heavy atom. The first kappa shape index (κ1) is 27.6. The SMILES string of the molecule is CC1(C)c2cc(-c3cccc(-c4c5ccccc5c(-c5ccccc5)c5ccccc45)c3)ccc2-c2cc3sc4ccccc4c3cc21. The van der Waals surface area contributed by atoms with Crippen molar-refractivity contribution in [3.63, 3.8) is 0 Å². The largest absolute Gasteiger partial charge is 0.135 e. The fourth-order valence-electron chi connectivity index (χ4n) is 8.34. The number of hydrogen-bond donors (Lipinski definition) is 0. The highest BCUT2D eigenvalue weighted by atomic mass is 32.1. The van der Waals surface area contributed by atoms with Crippen molar-refractivity contribution < 1.29 is 0 Å². The van der Waals surface area contributed by atoms with Gasteiger partial charge in [0.15, 0.2) is 0 Å². The Morgan fingerprint density at radius 2 is 0.896 bits per heavy atom. The van der Waals surface area contributed by atoms with Crippen molar-refractivity contribution in [2.75, 3.05) is 0 Å². The van der Waals surface area contributed by atoms with Gasteiger partial charge in [0.1, 0.15) is 0 Å². The molecule has 0 fully saturated rings. The first-order valence-corrected chi connectivity index (χ1v) is 17.6. The van der Waals surface area contributed by atoms with Crippen molar-refractivity contribution in [1.29, 1.82) is 0 Å². The lowest BCUT2D eigenvalue weighted by Gasteiger charge is -2.22. The van der Waals surface area contributed by atoms with E-state index in [1.54, 1.807) is 0 Å². The van der Waals surface area contributed by atoms with Crippen LogP contribution in [0.2, 0.25) is 0 Å². The van der Waals surface area contributed by atoms with Gasteiger partial charge in [0.25, 0.3) is 0 Å². The summed E-state index contributed by atoms with van der Waals surface area (Å²) in [5.74, 6) is 0. The minimum absolute atomic E-state index is 0.0881. The van der Waals surface area contributed by atoms with Gasteiger partial charge < -0.3 is 0 Å². The van der Waals surface area contributed by atoms with Crippen molar-refractivity contribution in [3.8, 4) is 44.5 Å². The number of thiophene rings is 1. The van der Waals surface area contributed by atoms with Gasteiger partial charge in [-0.05, 0) is 108 Å². The summed E-state index contributed by atoms with van der Waals surface area (Å²) in [6, 6.07) is 58.7. The number of benzene rings is 8. The molecule has 1 aliphatic rings. The molecule has 0 saturated carbocycles. The standard InChI is InChI=1S/C47H32S/c1-47(2)41-26-31(23-24-33(41)39-28-44-40(27-42(39)47)34-17-10-11-22-43(34)48-44)30-15-12-16-32(25-30)46-37-20-8-6-18-35(37)45(29-13-4-3-5-14-29)36-19-7-9-21-38(36)46/h3-28H,1-2H3. The van der Waals surface area contributed by atoms with Crippen LogP contribution in [0.15, 0.2) is 158 Å². The van der Waals surface area contributed by atoms with E-state index < -0.39 is 0 Å². The molecule has 10 rings (SSSR count). The van der Waals surface area contributed by atoms with E-state index in [4.69, 9.17) is 0 Å². The molecule has 226 valence electrons. The van der Waals surface area contributed by atoms with E-state index in [-0.39, 0.29) is 5.41 Å². The lowest BCUT2D eigenvalue weighted by atomic mass is 9.81. The third-order valence-corrected chi connectivity index (χ3v) is 11.8. The van der Waals surface area contributed by atoms with Crippen molar-refractivity contribution in [2.45, 2.75) is 19.3 Å². The van der Waals surface area contributed by atoms with Crippen LogP contribution in [0.5, 0.6) is 0 Å². The van der Waals surface area contributed by atoms with Crippen LogP contribution in [0, 0.1) is 0 Å². The Balaban J connectivity index is 1.14. The zero-order valence-corrected chi connectivity index (χ0v) is 27.7. The lowest BCUT2D eigenvalue weighted by Crippen LogP contribution is -2.15. The molecule has 1 heteroatoms. The molecular weight excluding hydrogens is 597 g/mol. The van der Waals surface area contributed by atoms with E-state index in [1.807, 2.05) is 11.3 Å². The first-order valence-electron chi connectivity index (χ1n) is 16.8. The maximum absolute atomic E-state index is 2.47. The predicted octanol–water partition coefficient (Wildman–Crippen LogP) is 13.7. The summed E-state index contributed by atoms with van der Waals surface area (Å²) in [7, 11) is 0. The summed E-state index contributed by atoms with van der Waals surface area (Å²) in [5.41, 5.74) is 13.1. The Bertz CT molecular complexity index is 2690. The maximum Gasteiger partial charge on any atom is 0.0361 e. The topological polar surface area (TPSA) is 0 Å². The van der Waals surface area contributed by atoms with Crippen molar-refractivity contribution in [2.24, 2.45) is 0 Å². The van der Waals surface area contributed by atoms with Crippen LogP contribution in [0.25, 0.3) is 86.2 Å². The highest BCUT2D eigenvalue weighted by Gasteiger charge is 2.36. The van der Waals surface area contributed by atoms with E-state index >= 15 is 0 Å². The van der Waals surface area contributed by atoms with Gasteiger partial charge in [0.2, 0.25) is 0 Å². The van der Waals surface area contributed by atoms with Gasteiger partial charge in [-0.1, -0.05) is 141 Å². The average Bonchev–Trinajstić information content (AvgIpc) is 3.61. The van der Waals surface area contributed by atoms with Gasteiger partial charge >= 0.3 is 0 Å². The van der Waals surface area contributed by atoms with Gasteiger partial charge in [-0.25, -0.2) is 0 Å². The second kappa shape index (κ2) is 10.2. The molecule has 0 atom stereocenters. The third kappa shape index (κ3) is 3.95. The highest BCUT2D eigenvalue weighted by Crippen LogP contribution is 2.52. The minimum atomic E-state index is -0.0881. The van der Waals surface area contributed by atoms with Crippen LogP contribution in [0.4, 0.5) is 0 Å². The van der Waals surface area contributed by atoms with Crippen LogP contribution in [0.3, 0.4) is 0 Å².